The zero-order valence-corrected chi connectivity index (χ0v) is 16.6. The topological polar surface area (TPSA) is 71.7 Å². The van der Waals surface area contributed by atoms with Crippen LogP contribution >= 0.6 is 23.2 Å². The molecule has 27 heavy (non-hydrogen) atoms. The number of aromatic nitrogens is 1. The van der Waals surface area contributed by atoms with Gasteiger partial charge in [0.25, 0.3) is 0 Å². The molecule has 0 unspecified atom stereocenters. The highest BCUT2D eigenvalue weighted by atomic mass is 35.5. The molecule has 0 atom stereocenters. The second kappa shape index (κ2) is 9.75. The third kappa shape index (κ3) is 6.25. The summed E-state index contributed by atoms with van der Waals surface area (Å²) in [6, 6.07) is 2.82. The monoisotopic (exact) mass is 420 g/mol. The van der Waals surface area contributed by atoms with Crippen LogP contribution in [-0.4, -0.2) is 24.1 Å². The number of aliphatic imine (C=N–C) groups is 1. The molecule has 6 nitrogen and oxygen atoms in total. The Morgan fingerprint density at radius 1 is 1.30 bits per heavy atom. The molecule has 2 N–H and O–H groups in total. The number of hydrogen-bond donors (Lipinski definition) is 2. The maximum atomic E-state index is 12.7. The van der Waals surface area contributed by atoms with Gasteiger partial charge in [0.15, 0.2) is 5.96 Å². The van der Waals surface area contributed by atoms with Crippen molar-refractivity contribution in [2.24, 2.45) is 4.99 Å². The molecular formula is C17H20Cl2F2N4O2. The number of alkyl halides is 2. The van der Waals surface area contributed by atoms with Gasteiger partial charge in [0.05, 0.1) is 23.8 Å². The van der Waals surface area contributed by atoms with E-state index in [0.717, 1.165) is 11.5 Å². The van der Waals surface area contributed by atoms with Gasteiger partial charge in [-0.1, -0.05) is 23.2 Å². The van der Waals surface area contributed by atoms with Gasteiger partial charge < -0.3 is 19.8 Å². The summed E-state index contributed by atoms with van der Waals surface area (Å²) in [4.78, 5) is 8.64. The average Bonchev–Trinajstić information content (AvgIpc) is 2.91. The second-order valence-electron chi connectivity index (χ2n) is 5.55. The van der Waals surface area contributed by atoms with Crippen molar-refractivity contribution in [3.8, 4) is 5.75 Å². The highest BCUT2D eigenvalue weighted by Crippen LogP contribution is 2.34. The Labute approximate surface area is 165 Å². The van der Waals surface area contributed by atoms with Crippen LogP contribution in [0.3, 0.4) is 0 Å². The number of benzene rings is 1. The number of nitrogens with one attached hydrogen (secondary N) is 2. The van der Waals surface area contributed by atoms with Crippen LogP contribution in [0.2, 0.25) is 10.0 Å². The van der Waals surface area contributed by atoms with E-state index in [1.54, 1.807) is 0 Å². The van der Waals surface area contributed by atoms with Crippen LogP contribution in [0.1, 0.15) is 29.8 Å². The fraction of sp³-hybridized carbons (Fsp3) is 0.412. The maximum absolute atomic E-state index is 12.7. The molecule has 1 aromatic heterocycles. The maximum Gasteiger partial charge on any atom is 0.387 e. The molecule has 0 amide bonds. The van der Waals surface area contributed by atoms with Crippen molar-refractivity contribution < 1.29 is 17.9 Å². The average molecular weight is 421 g/mol. The normalized spacial score (nSPS) is 11.8. The number of rotatable bonds is 7. The number of hydrogen-bond acceptors (Lipinski definition) is 4. The van der Waals surface area contributed by atoms with Gasteiger partial charge in [-0.05, 0) is 32.9 Å². The van der Waals surface area contributed by atoms with Gasteiger partial charge in [0.1, 0.15) is 11.5 Å². The van der Waals surface area contributed by atoms with E-state index >= 15 is 0 Å². The van der Waals surface area contributed by atoms with Crippen molar-refractivity contribution in [2.75, 3.05) is 6.54 Å². The molecule has 148 valence electrons. The van der Waals surface area contributed by atoms with Gasteiger partial charge in [-0.2, -0.15) is 8.78 Å². The standard InChI is InChI=1S/C17H20Cl2F2N4O2/c1-4-22-17(24-8-14-25-9(2)10(3)26-14)23-7-11-5-12(18)6-13(19)15(11)27-16(20)21/h5-6,16H,4,7-8H2,1-3H3,(H2,22,23,24). The van der Waals surface area contributed by atoms with Crippen LogP contribution in [0, 0.1) is 13.8 Å². The minimum atomic E-state index is -3.01. The van der Waals surface area contributed by atoms with Crippen LogP contribution < -0.4 is 15.4 Å². The first kappa shape index (κ1) is 21.2. The first-order chi connectivity index (χ1) is 12.8. The number of guanidine groups is 1. The molecule has 0 aliphatic rings. The van der Waals surface area contributed by atoms with Gasteiger partial charge >= 0.3 is 6.61 Å². The Balaban J connectivity index is 2.15. The summed E-state index contributed by atoms with van der Waals surface area (Å²) in [5.41, 5.74) is 1.16. The van der Waals surface area contributed by atoms with Crippen LogP contribution in [-0.2, 0) is 13.1 Å². The molecule has 0 spiro atoms. The first-order valence-electron chi connectivity index (χ1n) is 8.18. The lowest BCUT2D eigenvalue weighted by molar-refractivity contribution is -0.0503. The van der Waals surface area contributed by atoms with Crippen molar-refractivity contribution >= 4 is 29.2 Å². The van der Waals surface area contributed by atoms with E-state index in [0.29, 0.717) is 35.5 Å². The predicted molar refractivity (Wildman–Crippen MR) is 101 cm³/mol. The summed E-state index contributed by atoms with van der Waals surface area (Å²) < 4.78 is 35.3. The zero-order valence-electron chi connectivity index (χ0n) is 15.1. The second-order valence-corrected chi connectivity index (χ2v) is 6.40. The summed E-state index contributed by atoms with van der Waals surface area (Å²) >= 11 is 11.9. The molecule has 1 heterocycles. The van der Waals surface area contributed by atoms with Crippen LogP contribution in [0.15, 0.2) is 21.5 Å². The first-order valence-corrected chi connectivity index (χ1v) is 8.93. The largest absolute Gasteiger partial charge is 0.444 e. The summed E-state index contributed by atoms with van der Waals surface area (Å²) in [5.74, 6) is 1.57. The van der Waals surface area contributed by atoms with E-state index in [9.17, 15) is 8.78 Å². The zero-order chi connectivity index (χ0) is 20.0. The van der Waals surface area contributed by atoms with Crippen molar-refractivity contribution in [2.45, 2.75) is 40.5 Å². The summed E-state index contributed by atoms with van der Waals surface area (Å²) in [7, 11) is 0. The summed E-state index contributed by atoms with van der Waals surface area (Å²) in [6.07, 6.45) is 0. The SMILES string of the molecule is CCNC(=NCc1cc(Cl)cc(Cl)c1OC(F)F)NCc1nc(C)c(C)o1. The molecule has 0 saturated heterocycles. The van der Waals surface area contributed by atoms with Gasteiger partial charge in [0, 0.05) is 17.1 Å². The minimum Gasteiger partial charge on any atom is -0.444 e. The van der Waals surface area contributed by atoms with Crippen LogP contribution in [0.5, 0.6) is 5.75 Å². The fourth-order valence-corrected chi connectivity index (χ4v) is 2.81. The molecule has 2 aromatic rings. The van der Waals surface area contributed by atoms with Crippen molar-refractivity contribution in [3.05, 3.63) is 45.1 Å². The van der Waals surface area contributed by atoms with Gasteiger partial charge in [-0.15, -0.1) is 0 Å². The van der Waals surface area contributed by atoms with Crippen molar-refractivity contribution in [1.82, 2.24) is 15.6 Å². The lowest BCUT2D eigenvalue weighted by Crippen LogP contribution is -2.36. The minimum absolute atomic E-state index is 0.00306. The number of nitrogens with zero attached hydrogens (tertiary/aromatic N) is 2. The van der Waals surface area contributed by atoms with Gasteiger partial charge in [-0.3, -0.25) is 0 Å². The van der Waals surface area contributed by atoms with Crippen molar-refractivity contribution in [1.29, 1.82) is 0 Å². The molecule has 0 radical (unpaired) electrons. The van der Waals surface area contributed by atoms with Gasteiger partial charge in [-0.25, -0.2) is 9.98 Å². The molecule has 10 heteroatoms. The Kier molecular flexibility index (Phi) is 7.67. The Bertz CT molecular complexity index is 793. The molecule has 0 fully saturated rings. The Hall–Kier alpha value is -2.06. The number of ether oxygens (including phenoxy) is 1. The number of halogens is 4. The lowest BCUT2D eigenvalue weighted by Gasteiger charge is -2.13. The molecule has 0 saturated carbocycles. The van der Waals surface area contributed by atoms with E-state index in [4.69, 9.17) is 27.6 Å². The smallest absolute Gasteiger partial charge is 0.387 e. The van der Waals surface area contributed by atoms with Crippen molar-refractivity contribution in [3.63, 3.8) is 0 Å². The lowest BCUT2D eigenvalue weighted by atomic mass is 10.2. The predicted octanol–water partition coefficient (Wildman–Crippen LogP) is 4.45. The summed E-state index contributed by atoms with van der Waals surface area (Å²) in [5, 5.41) is 6.41. The third-order valence-corrected chi connectivity index (χ3v) is 4.02. The highest BCUT2D eigenvalue weighted by Gasteiger charge is 2.15. The molecule has 0 aliphatic heterocycles. The molecule has 1 aromatic carbocycles. The van der Waals surface area contributed by atoms with E-state index in [-0.39, 0.29) is 17.3 Å². The van der Waals surface area contributed by atoms with E-state index < -0.39 is 6.61 Å². The van der Waals surface area contributed by atoms with Crippen LogP contribution in [0.4, 0.5) is 8.78 Å². The van der Waals surface area contributed by atoms with E-state index in [1.165, 1.54) is 12.1 Å². The van der Waals surface area contributed by atoms with E-state index in [2.05, 4.69) is 25.3 Å². The van der Waals surface area contributed by atoms with E-state index in [1.807, 2.05) is 20.8 Å². The molecule has 0 bridgehead atoms. The number of aryl methyl sites for hydroxylation is 2. The fourth-order valence-electron chi connectivity index (χ4n) is 2.23. The third-order valence-electron chi connectivity index (χ3n) is 3.52. The molecule has 0 aliphatic carbocycles. The molecular weight excluding hydrogens is 401 g/mol. The quantitative estimate of drug-likeness (QED) is 0.511. The molecule has 2 rings (SSSR count). The number of oxazole rings is 1. The Morgan fingerprint density at radius 2 is 2.04 bits per heavy atom. The Morgan fingerprint density at radius 3 is 2.63 bits per heavy atom. The van der Waals surface area contributed by atoms with Crippen LogP contribution in [0.25, 0.3) is 0 Å². The highest BCUT2D eigenvalue weighted by molar-refractivity contribution is 6.35. The van der Waals surface area contributed by atoms with Gasteiger partial charge in [0.2, 0.25) is 5.89 Å². The summed E-state index contributed by atoms with van der Waals surface area (Å²) in [6.45, 7) is 3.53.